The molecule has 3 N–H and O–H groups in total. The lowest BCUT2D eigenvalue weighted by molar-refractivity contribution is 0.0997. The Labute approximate surface area is 125 Å². The predicted octanol–water partition coefficient (Wildman–Crippen LogP) is 1.20. The quantitative estimate of drug-likeness (QED) is 0.750. The van der Waals surface area contributed by atoms with E-state index in [1.807, 2.05) is 6.92 Å². The average molecular weight is 301 g/mol. The molecule has 3 aromatic rings. The van der Waals surface area contributed by atoms with Crippen LogP contribution in [-0.4, -0.2) is 25.4 Å². The summed E-state index contributed by atoms with van der Waals surface area (Å²) in [5.41, 5.74) is 5.60. The van der Waals surface area contributed by atoms with E-state index >= 15 is 0 Å². The van der Waals surface area contributed by atoms with Gasteiger partial charge in [-0.15, -0.1) is 0 Å². The third-order valence-electron chi connectivity index (χ3n) is 3.26. The van der Waals surface area contributed by atoms with Crippen molar-refractivity contribution in [2.75, 3.05) is 0 Å². The van der Waals surface area contributed by atoms with Gasteiger partial charge in [-0.25, -0.2) is 14.8 Å². The van der Waals surface area contributed by atoms with Crippen LogP contribution in [0, 0.1) is 6.92 Å². The fourth-order valence-electron chi connectivity index (χ4n) is 2.30. The molecule has 3 rings (SSSR count). The van der Waals surface area contributed by atoms with Crippen molar-refractivity contribution in [1.82, 2.24) is 19.5 Å². The van der Waals surface area contributed by atoms with Crippen LogP contribution < -0.4 is 11.4 Å². The van der Waals surface area contributed by atoms with Crippen molar-refractivity contribution >= 4 is 17.1 Å². The Bertz CT molecular complexity index is 918. The first kappa shape index (κ1) is 14.1. The van der Waals surface area contributed by atoms with Gasteiger partial charge in [0.1, 0.15) is 11.3 Å². The molecule has 0 saturated carbocycles. The first-order valence-electron chi connectivity index (χ1n) is 6.88. The normalized spacial score (nSPS) is 11.2. The zero-order chi connectivity index (χ0) is 15.9. The number of hydrogen-bond donors (Lipinski definition) is 2. The smallest absolute Gasteiger partial charge is 0.327 e. The summed E-state index contributed by atoms with van der Waals surface area (Å²) >= 11 is 0. The molecule has 0 spiro atoms. The lowest BCUT2D eigenvalue weighted by atomic mass is 10.3. The Morgan fingerprint density at radius 3 is 2.77 bits per heavy atom. The fourth-order valence-corrected chi connectivity index (χ4v) is 2.30. The van der Waals surface area contributed by atoms with Crippen LogP contribution in [0.2, 0.25) is 0 Å². The van der Waals surface area contributed by atoms with Crippen LogP contribution in [0.15, 0.2) is 21.3 Å². The number of H-pyrrole nitrogens is 1. The maximum absolute atomic E-state index is 12.0. The number of fused-ring (bicyclic) bond motifs is 1. The summed E-state index contributed by atoms with van der Waals surface area (Å²) < 4.78 is 6.95. The molecule has 8 nitrogen and oxygen atoms in total. The number of amides is 1. The minimum absolute atomic E-state index is 0.0268. The Balaban J connectivity index is 2.34. The van der Waals surface area contributed by atoms with E-state index in [-0.39, 0.29) is 22.7 Å². The van der Waals surface area contributed by atoms with Crippen molar-refractivity contribution < 1.29 is 9.21 Å². The third-order valence-corrected chi connectivity index (χ3v) is 3.26. The molecular weight excluding hydrogens is 286 g/mol. The maximum Gasteiger partial charge on any atom is 0.327 e. The van der Waals surface area contributed by atoms with E-state index in [4.69, 9.17) is 10.2 Å². The highest BCUT2D eigenvalue weighted by atomic mass is 16.3. The Morgan fingerprint density at radius 2 is 2.18 bits per heavy atom. The van der Waals surface area contributed by atoms with Gasteiger partial charge >= 0.3 is 5.69 Å². The highest BCUT2D eigenvalue weighted by Gasteiger charge is 2.20. The number of carbonyl (C=O) groups is 1. The molecule has 0 radical (unpaired) electrons. The second kappa shape index (κ2) is 5.14. The van der Waals surface area contributed by atoms with Crippen LogP contribution in [0.25, 0.3) is 22.7 Å². The van der Waals surface area contributed by atoms with Crippen LogP contribution in [0.3, 0.4) is 0 Å². The molecule has 22 heavy (non-hydrogen) atoms. The first-order chi connectivity index (χ1) is 10.5. The van der Waals surface area contributed by atoms with Gasteiger partial charge in [-0.3, -0.25) is 9.36 Å². The monoisotopic (exact) mass is 301 g/mol. The van der Waals surface area contributed by atoms with E-state index in [2.05, 4.69) is 15.0 Å². The van der Waals surface area contributed by atoms with Crippen LogP contribution in [0.4, 0.5) is 0 Å². The first-order valence-corrected chi connectivity index (χ1v) is 6.88. The molecule has 0 aliphatic rings. The molecule has 0 aliphatic carbocycles. The highest BCUT2D eigenvalue weighted by molar-refractivity contribution is 6.01. The second-order valence-corrected chi connectivity index (χ2v) is 4.95. The molecule has 3 aromatic heterocycles. The fraction of sp³-hybridized carbons (Fsp3) is 0.286. The molecule has 1 amide bonds. The van der Waals surface area contributed by atoms with Gasteiger partial charge in [0.25, 0.3) is 5.91 Å². The molecule has 0 fully saturated rings. The van der Waals surface area contributed by atoms with Gasteiger partial charge in [-0.2, -0.15) is 0 Å². The van der Waals surface area contributed by atoms with Crippen LogP contribution in [0.1, 0.15) is 29.6 Å². The number of nitrogens with one attached hydrogen (secondary N) is 1. The number of aromatic nitrogens is 4. The molecular formula is C14H15N5O3. The number of aromatic amines is 1. The number of imidazole rings is 1. The molecule has 114 valence electrons. The van der Waals surface area contributed by atoms with Crippen molar-refractivity contribution in [3.8, 4) is 11.6 Å². The summed E-state index contributed by atoms with van der Waals surface area (Å²) in [5, 5.41) is 0. The van der Waals surface area contributed by atoms with E-state index in [0.717, 1.165) is 6.42 Å². The summed E-state index contributed by atoms with van der Waals surface area (Å²) in [4.78, 5) is 34.8. The number of nitrogens with zero attached hydrogens (tertiary/aromatic N) is 3. The van der Waals surface area contributed by atoms with Crippen molar-refractivity contribution in [1.29, 1.82) is 0 Å². The lowest BCUT2D eigenvalue weighted by Crippen LogP contribution is -2.16. The molecule has 0 saturated heterocycles. The second-order valence-electron chi connectivity index (χ2n) is 4.95. The molecule has 0 atom stereocenters. The predicted molar refractivity (Wildman–Crippen MR) is 79.4 cm³/mol. The van der Waals surface area contributed by atoms with Gasteiger partial charge in [0.2, 0.25) is 0 Å². The number of nitrogens with two attached hydrogens (primary N) is 1. The van der Waals surface area contributed by atoms with Crippen LogP contribution >= 0.6 is 0 Å². The van der Waals surface area contributed by atoms with Gasteiger partial charge in [-0.05, 0) is 25.5 Å². The third kappa shape index (κ3) is 2.18. The van der Waals surface area contributed by atoms with Crippen molar-refractivity contribution in [2.45, 2.75) is 26.8 Å². The van der Waals surface area contributed by atoms with Crippen LogP contribution in [-0.2, 0) is 6.54 Å². The number of furan rings is 1. The average Bonchev–Trinajstić information content (AvgIpc) is 3.03. The summed E-state index contributed by atoms with van der Waals surface area (Å²) in [7, 11) is 0. The Hall–Kier alpha value is -2.90. The number of rotatable bonds is 4. The van der Waals surface area contributed by atoms with Crippen molar-refractivity contribution in [3.63, 3.8) is 0 Å². The van der Waals surface area contributed by atoms with Crippen molar-refractivity contribution in [2.24, 2.45) is 5.73 Å². The molecule has 0 aliphatic heterocycles. The van der Waals surface area contributed by atoms with Gasteiger partial charge in [0.15, 0.2) is 22.9 Å². The lowest BCUT2D eigenvalue weighted by Gasteiger charge is -2.03. The minimum atomic E-state index is -0.734. The van der Waals surface area contributed by atoms with E-state index in [0.29, 0.717) is 23.7 Å². The van der Waals surface area contributed by atoms with Gasteiger partial charge in [0.05, 0.1) is 0 Å². The van der Waals surface area contributed by atoms with E-state index in [9.17, 15) is 9.59 Å². The largest absolute Gasteiger partial charge is 0.458 e. The van der Waals surface area contributed by atoms with E-state index < -0.39 is 5.91 Å². The van der Waals surface area contributed by atoms with Gasteiger partial charge in [0, 0.05) is 6.54 Å². The number of carbonyl (C=O) groups excluding carboxylic acids is 1. The molecule has 0 bridgehead atoms. The summed E-state index contributed by atoms with van der Waals surface area (Å²) in [6, 6.07) is 3.47. The highest BCUT2D eigenvalue weighted by Crippen LogP contribution is 2.22. The molecule has 8 heteroatoms. The summed E-state index contributed by atoms with van der Waals surface area (Å²) in [6.07, 6.45) is 0.748. The van der Waals surface area contributed by atoms with Gasteiger partial charge < -0.3 is 15.1 Å². The number of aryl methyl sites for hydroxylation is 2. The zero-order valence-electron chi connectivity index (χ0n) is 12.2. The Morgan fingerprint density at radius 1 is 1.41 bits per heavy atom. The molecule has 0 unspecified atom stereocenters. The topological polar surface area (TPSA) is 120 Å². The van der Waals surface area contributed by atoms with Gasteiger partial charge in [-0.1, -0.05) is 6.92 Å². The van der Waals surface area contributed by atoms with Crippen molar-refractivity contribution in [3.05, 3.63) is 34.1 Å². The number of hydrogen-bond acceptors (Lipinski definition) is 5. The standard InChI is InChI=1S/C14H15N5O3/c1-3-6-19-13-10(17-14(19)21)9(11(15)20)16-12(18-13)8-5-4-7(2)22-8/h4-5H,3,6H2,1-2H3,(H2,15,20)(H,17,21). The summed E-state index contributed by atoms with van der Waals surface area (Å²) in [5.74, 6) is 0.595. The molecule has 0 aromatic carbocycles. The minimum Gasteiger partial charge on any atom is -0.458 e. The SMILES string of the molecule is CCCn1c(=O)[nH]c2c(C(N)=O)nc(-c3ccc(C)o3)nc21. The zero-order valence-corrected chi connectivity index (χ0v) is 12.2. The van der Waals surface area contributed by atoms with E-state index in [1.165, 1.54) is 4.57 Å². The number of primary amides is 1. The molecule has 3 heterocycles. The van der Waals surface area contributed by atoms with E-state index in [1.54, 1.807) is 19.1 Å². The maximum atomic E-state index is 12.0. The van der Waals surface area contributed by atoms with Crippen LogP contribution in [0.5, 0.6) is 0 Å². The summed E-state index contributed by atoms with van der Waals surface area (Å²) in [6.45, 7) is 4.21. The Kier molecular flexibility index (Phi) is 3.28.